The van der Waals surface area contributed by atoms with E-state index < -0.39 is 22.1 Å². The Morgan fingerprint density at radius 3 is 2.38 bits per heavy atom. The van der Waals surface area contributed by atoms with Crippen LogP contribution in [0.25, 0.3) is 11.4 Å². The molecule has 1 aliphatic carbocycles. The maximum absolute atomic E-state index is 12.5. The van der Waals surface area contributed by atoms with Crippen molar-refractivity contribution in [3.63, 3.8) is 0 Å². The Balaban J connectivity index is 1.75. The Morgan fingerprint density at radius 2 is 1.88 bits per heavy atom. The van der Waals surface area contributed by atoms with Gasteiger partial charge in [0.05, 0.1) is 5.25 Å². The third-order valence-corrected chi connectivity index (χ3v) is 6.36. The van der Waals surface area contributed by atoms with E-state index in [1.54, 1.807) is 24.3 Å². The molecule has 26 heavy (non-hydrogen) atoms. The molecule has 142 valence electrons. The number of rotatable bonds is 7. The topological polar surface area (TPSA) is 76.3 Å². The smallest absolute Gasteiger partial charge is 0.329 e. The fourth-order valence-electron chi connectivity index (χ4n) is 2.54. The third-order valence-electron chi connectivity index (χ3n) is 4.02. The molecule has 6 nitrogen and oxygen atoms in total. The molecule has 0 radical (unpaired) electrons. The molecule has 1 aromatic heterocycles. The summed E-state index contributed by atoms with van der Waals surface area (Å²) in [6.07, 6.45) is -2.60. The van der Waals surface area contributed by atoms with Gasteiger partial charge >= 0.3 is 12.1 Å². The molecule has 0 atom stereocenters. The van der Waals surface area contributed by atoms with Crippen molar-refractivity contribution in [3.8, 4) is 11.4 Å². The van der Waals surface area contributed by atoms with Gasteiger partial charge in [0, 0.05) is 18.7 Å². The monoisotopic (exact) mass is 389 g/mol. The lowest BCUT2D eigenvalue weighted by atomic mass is 10.1. The van der Waals surface area contributed by atoms with Crippen molar-refractivity contribution in [3.05, 3.63) is 35.7 Å². The molecule has 0 N–H and O–H groups in total. The van der Waals surface area contributed by atoms with Gasteiger partial charge in [0.15, 0.2) is 0 Å². The lowest BCUT2D eigenvalue weighted by Crippen LogP contribution is -2.34. The SMILES string of the molecule is CCCN(Cc1ccc(-c2noc(C(F)(F)F)n2)cc1)S(=O)(=O)C1CC1. The summed E-state index contributed by atoms with van der Waals surface area (Å²) < 4.78 is 68.2. The average Bonchev–Trinajstić information content (AvgIpc) is 3.32. The van der Waals surface area contributed by atoms with Gasteiger partial charge < -0.3 is 4.52 Å². The molecule has 0 spiro atoms. The third kappa shape index (κ3) is 4.07. The number of nitrogens with zero attached hydrogens (tertiary/aromatic N) is 3. The second kappa shape index (κ2) is 6.99. The minimum absolute atomic E-state index is 0.167. The van der Waals surface area contributed by atoms with Gasteiger partial charge in [-0.05, 0) is 24.8 Å². The molecule has 0 amide bonds. The van der Waals surface area contributed by atoms with Crippen LogP contribution in [0.2, 0.25) is 0 Å². The molecule has 3 rings (SSSR count). The Labute approximate surface area is 149 Å². The average molecular weight is 389 g/mol. The number of hydrogen-bond acceptors (Lipinski definition) is 5. The molecule has 10 heteroatoms. The Morgan fingerprint density at radius 1 is 1.23 bits per heavy atom. The van der Waals surface area contributed by atoms with Crippen LogP contribution in [0.5, 0.6) is 0 Å². The first-order valence-corrected chi connectivity index (χ1v) is 9.71. The molecule has 0 aliphatic heterocycles. The van der Waals surface area contributed by atoms with Crippen LogP contribution in [-0.2, 0) is 22.7 Å². The van der Waals surface area contributed by atoms with Gasteiger partial charge in [-0.3, -0.25) is 0 Å². The number of halogens is 3. The van der Waals surface area contributed by atoms with E-state index in [1.807, 2.05) is 6.92 Å². The number of sulfonamides is 1. The highest BCUT2D eigenvalue weighted by Gasteiger charge is 2.40. The molecule has 1 aromatic carbocycles. The van der Waals surface area contributed by atoms with Gasteiger partial charge in [0.2, 0.25) is 15.8 Å². The van der Waals surface area contributed by atoms with Gasteiger partial charge in [0.25, 0.3) is 0 Å². The predicted octanol–water partition coefficient (Wildman–Crippen LogP) is 3.46. The van der Waals surface area contributed by atoms with Crippen LogP contribution in [0.1, 0.15) is 37.6 Å². The zero-order chi connectivity index (χ0) is 18.9. The van der Waals surface area contributed by atoms with E-state index >= 15 is 0 Å². The van der Waals surface area contributed by atoms with Gasteiger partial charge in [-0.25, -0.2) is 8.42 Å². The number of benzene rings is 1. The van der Waals surface area contributed by atoms with Crippen LogP contribution < -0.4 is 0 Å². The molecule has 0 saturated heterocycles. The Kier molecular flexibility index (Phi) is 5.07. The maximum Gasteiger partial charge on any atom is 0.471 e. The van der Waals surface area contributed by atoms with E-state index in [-0.39, 0.29) is 17.6 Å². The summed E-state index contributed by atoms with van der Waals surface area (Å²) in [5.41, 5.74) is 1.10. The summed E-state index contributed by atoms with van der Waals surface area (Å²) in [5, 5.41) is 3.05. The van der Waals surface area contributed by atoms with Gasteiger partial charge in [0.1, 0.15) is 0 Å². The summed E-state index contributed by atoms with van der Waals surface area (Å²) in [7, 11) is -3.29. The van der Waals surface area contributed by atoms with Crippen LogP contribution >= 0.6 is 0 Å². The largest absolute Gasteiger partial charge is 0.471 e. The van der Waals surface area contributed by atoms with Crippen LogP contribution in [0.3, 0.4) is 0 Å². The molecule has 1 heterocycles. The molecular formula is C16H18F3N3O3S. The molecule has 1 aliphatic rings. The highest BCUT2D eigenvalue weighted by atomic mass is 32.2. The molecular weight excluding hydrogens is 371 g/mol. The van der Waals surface area contributed by atoms with Crippen molar-refractivity contribution in [1.82, 2.24) is 14.4 Å². The van der Waals surface area contributed by atoms with Gasteiger partial charge in [-0.15, -0.1) is 0 Å². The maximum atomic E-state index is 12.5. The number of alkyl halides is 3. The van der Waals surface area contributed by atoms with E-state index in [1.165, 1.54) is 4.31 Å². The first-order valence-electron chi connectivity index (χ1n) is 8.21. The summed E-state index contributed by atoms with van der Waals surface area (Å²) in [4.78, 5) is 3.33. The normalized spacial score (nSPS) is 15.6. The Bertz CT molecular complexity index is 859. The van der Waals surface area contributed by atoms with E-state index in [9.17, 15) is 21.6 Å². The minimum atomic E-state index is -4.69. The highest BCUT2D eigenvalue weighted by Crippen LogP contribution is 2.32. The first-order chi connectivity index (χ1) is 12.2. The zero-order valence-corrected chi connectivity index (χ0v) is 14.8. The second-order valence-corrected chi connectivity index (χ2v) is 8.41. The van der Waals surface area contributed by atoms with Gasteiger partial charge in [-0.2, -0.15) is 22.5 Å². The minimum Gasteiger partial charge on any atom is -0.329 e. The summed E-state index contributed by atoms with van der Waals surface area (Å²) in [5.74, 6) is -1.57. The fraction of sp³-hybridized carbons (Fsp3) is 0.500. The van der Waals surface area contributed by atoms with Crippen LogP contribution in [-0.4, -0.2) is 34.7 Å². The van der Waals surface area contributed by atoms with E-state index in [0.29, 0.717) is 31.4 Å². The van der Waals surface area contributed by atoms with Crippen molar-refractivity contribution in [2.45, 2.75) is 44.2 Å². The van der Waals surface area contributed by atoms with Crippen molar-refractivity contribution in [2.24, 2.45) is 0 Å². The van der Waals surface area contributed by atoms with Crippen LogP contribution in [0.4, 0.5) is 13.2 Å². The van der Waals surface area contributed by atoms with E-state index in [0.717, 1.165) is 5.56 Å². The summed E-state index contributed by atoms with van der Waals surface area (Å²) in [6.45, 7) is 2.57. The molecule has 0 unspecified atom stereocenters. The lowest BCUT2D eigenvalue weighted by Gasteiger charge is -2.21. The molecule has 1 fully saturated rings. The second-order valence-electron chi connectivity index (χ2n) is 6.20. The molecule has 2 aromatic rings. The van der Waals surface area contributed by atoms with Gasteiger partial charge in [-0.1, -0.05) is 36.3 Å². The van der Waals surface area contributed by atoms with Crippen molar-refractivity contribution in [1.29, 1.82) is 0 Å². The van der Waals surface area contributed by atoms with Crippen molar-refractivity contribution >= 4 is 10.0 Å². The first kappa shape index (κ1) is 18.8. The zero-order valence-electron chi connectivity index (χ0n) is 14.0. The Hall–Kier alpha value is -1.94. The number of hydrogen-bond donors (Lipinski definition) is 0. The van der Waals surface area contributed by atoms with Crippen LogP contribution in [0.15, 0.2) is 28.8 Å². The molecule has 1 saturated carbocycles. The fourth-order valence-corrected chi connectivity index (χ4v) is 4.46. The molecule has 0 bridgehead atoms. The van der Waals surface area contributed by atoms with E-state index in [2.05, 4.69) is 14.7 Å². The highest BCUT2D eigenvalue weighted by molar-refractivity contribution is 7.90. The predicted molar refractivity (Wildman–Crippen MR) is 87.4 cm³/mol. The summed E-state index contributed by atoms with van der Waals surface area (Å²) in [6, 6.07) is 6.41. The standard InChI is InChI=1S/C16H18F3N3O3S/c1-2-9-22(26(23,24)13-7-8-13)10-11-3-5-12(6-4-11)14-20-15(25-21-14)16(17,18)19/h3-6,13H,2,7-10H2,1H3. The van der Waals surface area contributed by atoms with Crippen LogP contribution in [0, 0.1) is 0 Å². The summed E-state index contributed by atoms with van der Waals surface area (Å²) >= 11 is 0. The van der Waals surface area contributed by atoms with Crippen molar-refractivity contribution < 1.29 is 26.1 Å². The quantitative estimate of drug-likeness (QED) is 0.725. The van der Waals surface area contributed by atoms with Crippen molar-refractivity contribution in [2.75, 3.05) is 6.54 Å². The van der Waals surface area contributed by atoms with E-state index in [4.69, 9.17) is 0 Å². The lowest BCUT2D eigenvalue weighted by molar-refractivity contribution is -0.159. The number of aromatic nitrogens is 2.